The molecule has 0 aliphatic carbocycles. The standard InChI is InChI=1S/C18H38O2/c1-12(2)8-10-16(15(7)19)17(11-9-13(3)4)18(20)14(5)6/h12-20H,8-11H2,1-7H3. The molecular weight excluding hydrogens is 248 g/mol. The molecule has 122 valence electrons. The van der Waals surface area contributed by atoms with Crippen molar-refractivity contribution < 1.29 is 10.2 Å². The summed E-state index contributed by atoms with van der Waals surface area (Å²) >= 11 is 0. The van der Waals surface area contributed by atoms with Gasteiger partial charge in [-0.2, -0.15) is 0 Å². The summed E-state index contributed by atoms with van der Waals surface area (Å²) in [6.45, 7) is 14.9. The molecule has 0 amide bonds. The molecule has 2 nitrogen and oxygen atoms in total. The smallest absolute Gasteiger partial charge is 0.0594 e. The SMILES string of the molecule is CC(C)CCC(C(C)O)C(CCC(C)C)C(O)C(C)C. The van der Waals surface area contributed by atoms with Crippen LogP contribution in [-0.4, -0.2) is 22.4 Å². The molecule has 0 saturated heterocycles. The molecule has 0 saturated carbocycles. The van der Waals surface area contributed by atoms with Gasteiger partial charge in [0.15, 0.2) is 0 Å². The highest BCUT2D eigenvalue weighted by molar-refractivity contribution is 4.82. The van der Waals surface area contributed by atoms with Gasteiger partial charge in [0.05, 0.1) is 12.2 Å². The molecular formula is C18H38O2. The first-order valence-corrected chi connectivity index (χ1v) is 8.52. The molecule has 0 spiro atoms. The summed E-state index contributed by atoms with van der Waals surface area (Å²) in [7, 11) is 0. The zero-order valence-corrected chi connectivity index (χ0v) is 14.8. The molecule has 0 aromatic rings. The minimum Gasteiger partial charge on any atom is -0.393 e. The average Bonchev–Trinajstić information content (AvgIpc) is 2.31. The molecule has 0 fully saturated rings. The van der Waals surface area contributed by atoms with Gasteiger partial charge in [0.2, 0.25) is 0 Å². The minimum atomic E-state index is -0.334. The van der Waals surface area contributed by atoms with Crippen molar-refractivity contribution in [1.29, 1.82) is 0 Å². The van der Waals surface area contributed by atoms with E-state index in [9.17, 15) is 10.2 Å². The summed E-state index contributed by atoms with van der Waals surface area (Å²) in [6.07, 6.45) is 3.64. The van der Waals surface area contributed by atoms with Gasteiger partial charge in [0, 0.05) is 0 Å². The van der Waals surface area contributed by atoms with Crippen LogP contribution in [0.2, 0.25) is 0 Å². The van der Waals surface area contributed by atoms with Gasteiger partial charge in [-0.1, -0.05) is 54.4 Å². The molecule has 0 aliphatic rings. The fourth-order valence-corrected chi connectivity index (χ4v) is 3.00. The van der Waals surface area contributed by atoms with Gasteiger partial charge in [-0.05, 0) is 49.4 Å². The van der Waals surface area contributed by atoms with E-state index < -0.39 is 0 Å². The van der Waals surface area contributed by atoms with Crippen molar-refractivity contribution in [1.82, 2.24) is 0 Å². The summed E-state index contributed by atoms with van der Waals surface area (Å²) in [4.78, 5) is 0. The van der Waals surface area contributed by atoms with Gasteiger partial charge < -0.3 is 10.2 Å². The van der Waals surface area contributed by atoms with E-state index in [4.69, 9.17) is 0 Å². The van der Waals surface area contributed by atoms with Crippen LogP contribution in [0.15, 0.2) is 0 Å². The Morgan fingerprint density at radius 2 is 1.00 bits per heavy atom. The van der Waals surface area contributed by atoms with Crippen LogP contribution < -0.4 is 0 Å². The van der Waals surface area contributed by atoms with Crippen LogP contribution in [0.25, 0.3) is 0 Å². The topological polar surface area (TPSA) is 40.5 Å². The van der Waals surface area contributed by atoms with Crippen molar-refractivity contribution in [3.8, 4) is 0 Å². The largest absolute Gasteiger partial charge is 0.393 e. The van der Waals surface area contributed by atoms with Gasteiger partial charge in [0.25, 0.3) is 0 Å². The molecule has 0 bridgehead atoms. The van der Waals surface area contributed by atoms with Crippen molar-refractivity contribution in [3.63, 3.8) is 0 Å². The molecule has 2 N–H and O–H groups in total. The lowest BCUT2D eigenvalue weighted by atomic mass is 9.74. The normalized spacial score (nSPS) is 18.6. The summed E-state index contributed by atoms with van der Waals surface area (Å²) < 4.78 is 0. The second-order valence-electron chi connectivity index (χ2n) is 7.75. The second kappa shape index (κ2) is 9.78. The lowest BCUT2D eigenvalue weighted by Crippen LogP contribution is -2.37. The van der Waals surface area contributed by atoms with E-state index in [2.05, 4.69) is 41.5 Å². The van der Waals surface area contributed by atoms with E-state index in [0.717, 1.165) is 25.7 Å². The Balaban J connectivity index is 4.88. The third-order valence-electron chi connectivity index (χ3n) is 4.45. The molecule has 0 aromatic carbocycles. The molecule has 0 aromatic heterocycles. The Morgan fingerprint density at radius 3 is 1.30 bits per heavy atom. The van der Waals surface area contributed by atoms with Gasteiger partial charge in [-0.3, -0.25) is 0 Å². The van der Waals surface area contributed by atoms with Crippen molar-refractivity contribution in [3.05, 3.63) is 0 Å². The van der Waals surface area contributed by atoms with E-state index >= 15 is 0 Å². The van der Waals surface area contributed by atoms with Crippen LogP contribution in [-0.2, 0) is 0 Å². The lowest BCUT2D eigenvalue weighted by molar-refractivity contribution is -0.0182. The highest BCUT2D eigenvalue weighted by atomic mass is 16.3. The summed E-state index contributed by atoms with van der Waals surface area (Å²) in [5.41, 5.74) is 0. The molecule has 4 atom stereocenters. The Morgan fingerprint density at radius 1 is 0.600 bits per heavy atom. The second-order valence-corrected chi connectivity index (χ2v) is 7.75. The maximum absolute atomic E-state index is 10.6. The third kappa shape index (κ3) is 7.64. The highest BCUT2D eigenvalue weighted by Crippen LogP contribution is 2.33. The first-order chi connectivity index (χ1) is 9.16. The van der Waals surface area contributed by atoms with Crippen LogP contribution in [0.5, 0.6) is 0 Å². The summed E-state index contributed by atoms with van der Waals surface area (Å²) in [5.74, 6) is 1.99. The zero-order chi connectivity index (χ0) is 15.9. The molecule has 0 rings (SSSR count). The van der Waals surface area contributed by atoms with Crippen LogP contribution in [0.4, 0.5) is 0 Å². The summed E-state index contributed by atoms with van der Waals surface area (Å²) in [5, 5.41) is 20.8. The van der Waals surface area contributed by atoms with Crippen LogP contribution in [0, 0.1) is 29.6 Å². The lowest BCUT2D eigenvalue weighted by Gasteiger charge is -2.35. The van der Waals surface area contributed by atoms with E-state index in [0.29, 0.717) is 11.8 Å². The predicted molar refractivity (Wildman–Crippen MR) is 87.6 cm³/mol. The van der Waals surface area contributed by atoms with E-state index in [-0.39, 0.29) is 30.0 Å². The van der Waals surface area contributed by atoms with Crippen molar-refractivity contribution in [2.45, 2.75) is 86.4 Å². The van der Waals surface area contributed by atoms with Crippen molar-refractivity contribution in [2.75, 3.05) is 0 Å². The number of aliphatic hydroxyl groups is 2. The summed E-state index contributed by atoms with van der Waals surface area (Å²) in [6, 6.07) is 0. The first-order valence-electron chi connectivity index (χ1n) is 8.52. The first kappa shape index (κ1) is 19.9. The van der Waals surface area contributed by atoms with Crippen LogP contribution in [0.1, 0.15) is 74.1 Å². The molecule has 20 heavy (non-hydrogen) atoms. The minimum absolute atomic E-state index is 0.216. The van der Waals surface area contributed by atoms with Crippen molar-refractivity contribution >= 4 is 0 Å². The fraction of sp³-hybridized carbons (Fsp3) is 1.00. The van der Waals surface area contributed by atoms with E-state index in [1.165, 1.54) is 0 Å². The number of hydrogen-bond acceptors (Lipinski definition) is 2. The Bertz CT molecular complexity index is 234. The van der Waals surface area contributed by atoms with Crippen molar-refractivity contribution in [2.24, 2.45) is 29.6 Å². The van der Waals surface area contributed by atoms with E-state index in [1.54, 1.807) is 0 Å². The number of rotatable bonds is 10. The fourth-order valence-electron chi connectivity index (χ4n) is 3.00. The quantitative estimate of drug-likeness (QED) is 0.621. The average molecular weight is 286 g/mol. The number of aliphatic hydroxyl groups excluding tert-OH is 2. The predicted octanol–water partition coefficient (Wildman–Crippen LogP) is 4.49. The Hall–Kier alpha value is -0.0800. The monoisotopic (exact) mass is 286 g/mol. The van der Waals surface area contributed by atoms with Crippen LogP contribution in [0.3, 0.4) is 0 Å². The zero-order valence-electron chi connectivity index (χ0n) is 14.8. The molecule has 2 heteroatoms. The van der Waals surface area contributed by atoms with Gasteiger partial charge >= 0.3 is 0 Å². The van der Waals surface area contributed by atoms with Crippen LogP contribution >= 0.6 is 0 Å². The van der Waals surface area contributed by atoms with Gasteiger partial charge in [-0.25, -0.2) is 0 Å². The maximum Gasteiger partial charge on any atom is 0.0594 e. The Kier molecular flexibility index (Phi) is 9.74. The van der Waals surface area contributed by atoms with Gasteiger partial charge in [0.1, 0.15) is 0 Å². The molecule has 4 unspecified atom stereocenters. The van der Waals surface area contributed by atoms with E-state index in [1.807, 2.05) is 6.92 Å². The Labute approximate surface area is 127 Å². The highest BCUT2D eigenvalue weighted by Gasteiger charge is 2.32. The maximum atomic E-state index is 10.6. The number of hydrogen-bond donors (Lipinski definition) is 2. The molecule has 0 radical (unpaired) electrons. The molecule has 0 aliphatic heterocycles. The van der Waals surface area contributed by atoms with Gasteiger partial charge in [-0.15, -0.1) is 0 Å². The molecule has 0 heterocycles. The third-order valence-corrected chi connectivity index (χ3v) is 4.45.